The van der Waals surface area contributed by atoms with Crippen molar-refractivity contribution in [3.8, 4) is 23.0 Å². The molecule has 0 unspecified atom stereocenters. The monoisotopic (exact) mass is 245 g/mol. The average molecular weight is 245 g/mol. The number of rotatable bonds is 2. The van der Waals surface area contributed by atoms with Crippen LogP contribution in [0.2, 0.25) is 0 Å². The SMILES string of the molecule is Nc1ccc(-c2nc(-c3ccco3)no2)c(F)c1. The maximum Gasteiger partial charge on any atom is 0.261 e. The van der Waals surface area contributed by atoms with Gasteiger partial charge in [-0.3, -0.25) is 0 Å². The molecule has 5 nitrogen and oxygen atoms in total. The number of anilines is 1. The van der Waals surface area contributed by atoms with Crippen LogP contribution in [-0.4, -0.2) is 10.1 Å². The fourth-order valence-electron chi connectivity index (χ4n) is 1.54. The Morgan fingerprint density at radius 2 is 2.11 bits per heavy atom. The van der Waals surface area contributed by atoms with Gasteiger partial charge in [-0.25, -0.2) is 4.39 Å². The number of nitrogen functional groups attached to an aromatic ring is 1. The van der Waals surface area contributed by atoms with Crippen LogP contribution in [0.4, 0.5) is 10.1 Å². The summed E-state index contributed by atoms with van der Waals surface area (Å²) in [6, 6.07) is 7.65. The van der Waals surface area contributed by atoms with Gasteiger partial charge in [0, 0.05) is 5.69 Å². The molecule has 0 spiro atoms. The molecule has 1 aromatic carbocycles. The third-order valence-electron chi connectivity index (χ3n) is 2.39. The summed E-state index contributed by atoms with van der Waals surface area (Å²) in [5.41, 5.74) is 6.00. The number of nitrogens with two attached hydrogens (primary N) is 1. The fourth-order valence-corrected chi connectivity index (χ4v) is 1.54. The van der Waals surface area contributed by atoms with Gasteiger partial charge >= 0.3 is 0 Å². The molecule has 0 bridgehead atoms. The molecule has 2 heterocycles. The van der Waals surface area contributed by atoms with E-state index in [1.807, 2.05) is 0 Å². The number of hydrogen-bond acceptors (Lipinski definition) is 5. The smallest absolute Gasteiger partial charge is 0.261 e. The highest BCUT2D eigenvalue weighted by Gasteiger charge is 2.15. The number of hydrogen-bond donors (Lipinski definition) is 1. The minimum atomic E-state index is -0.510. The summed E-state index contributed by atoms with van der Waals surface area (Å²) in [5.74, 6) is 0.302. The third-order valence-corrected chi connectivity index (χ3v) is 2.39. The van der Waals surface area contributed by atoms with E-state index in [0.717, 1.165) is 0 Å². The Balaban J connectivity index is 2.03. The van der Waals surface area contributed by atoms with E-state index in [2.05, 4.69) is 10.1 Å². The highest BCUT2D eigenvalue weighted by atomic mass is 19.1. The fraction of sp³-hybridized carbons (Fsp3) is 0. The quantitative estimate of drug-likeness (QED) is 0.702. The Kier molecular flexibility index (Phi) is 2.33. The topological polar surface area (TPSA) is 78.1 Å². The summed E-state index contributed by atoms with van der Waals surface area (Å²) in [5, 5.41) is 3.72. The van der Waals surface area contributed by atoms with Gasteiger partial charge in [0.1, 0.15) is 5.82 Å². The summed E-state index contributed by atoms with van der Waals surface area (Å²) in [6.45, 7) is 0. The molecule has 2 aromatic heterocycles. The van der Waals surface area contributed by atoms with E-state index < -0.39 is 5.82 Å². The molecule has 0 aliphatic rings. The van der Waals surface area contributed by atoms with Crippen molar-refractivity contribution in [3.63, 3.8) is 0 Å². The highest BCUT2D eigenvalue weighted by molar-refractivity contribution is 5.60. The largest absolute Gasteiger partial charge is 0.461 e. The summed E-state index contributed by atoms with van der Waals surface area (Å²) in [6.07, 6.45) is 1.50. The number of benzene rings is 1. The molecule has 0 amide bonds. The summed E-state index contributed by atoms with van der Waals surface area (Å²) < 4.78 is 23.8. The Hall–Kier alpha value is -2.63. The molecule has 0 aliphatic carbocycles. The Bertz CT molecular complexity index is 676. The van der Waals surface area contributed by atoms with E-state index in [4.69, 9.17) is 14.7 Å². The molecule has 2 N–H and O–H groups in total. The number of aromatic nitrogens is 2. The lowest BCUT2D eigenvalue weighted by atomic mass is 10.2. The van der Waals surface area contributed by atoms with Crippen LogP contribution in [0.15, 0.2) is 45.5 Å². The zero-order chi connectivity index (χ0) is 12.5. The second-order valence-electron chi connectivity index (χ2n) is 3.64. The molecule has 0 saturated heterocycles. The van der Waals surface area contributed by atoms with Crippen LogP contribution in [-0.2, 0) is 0 Å². The van der Waals surface area contributed by atoms with Gasteiger partial charge in [-0.1, -0.05) is 5.16 Å². The summed E-state index contributed by atoms with van der Waals surface area (Å²) in [7, 11) is 0. The van der Waals surface area contributed by atoms with E-state index in [1.165, 1.54) is 18.4 Å². The van der Waals surface area contributed by atoms with Crippen molar-refractivity contribution in [1.82, 2.24) is 10.1 Å². The van der Waals surface area contributed by atoms with E-state index >= 15 is 0 Å². The minimum absolute atomic E-state index is 0.0823. The molecule has 0 aliphatic heterocycles. The highest BCUT2D eigenvalue weighted by Crippen LogP contribution is 2.25. The maximum atomic E-state index is 13.7. The normalized spacial score (nSPS) is 10.7. The molecule has 3 rings (SSSR count). The first-order valence-electron chi connectivity index (χ1n) is 5.17. The van der Waals surface area contributed by atoms with Gasteiger partial charge in [-0.15, -0.1) is 0 Å². The zero-order valence-corrected chi connectivity index (χ0v) is 9.13. The van der Waals surface area contributed by atoms with Crippen molar-refractivity contribution in [1.29, 1.82) is 0 Å². The van der Waals surface area contributed by atoms with E-state index in [0.29, 0.717) is 11.4 Å². The van der Waals surface area contributed by atoms with Gasteiger partial charge in [0.05, 0.1) is 11.8 Å². The van der Waals surface area contributed by atoms with Gasteiger partial charge in [0.2, 0.25) is 5.82 Å². The van der Waals surface area contributed by atoms with E-state index in [9.17, 15) is 4.39 Å². The van der Waals surface area contributed by atoms with Crippen molar-refractivity contribution >= 4 is 5.69 Å². The lowest BCUT2D eigenvalue weighted by molar-refractivity contribution is 0.427. The van der Waals surface area contributed by atoms with Crippen molar-refractivity contribution in [3.05, 3.63) is 42.4 Å². The predicted octanol–water partition coefficient (Wildman–Crippen LogP) is 2.72. The number of furan rings is 1. The van der Waals surface area contributed by atoms with Gasteiger partial charge < -0.3 is 14.7 Å². The van der Waals surface area contributed by atoms with Crippen LogP contribution in [0.1, 0.15) is 0 Å². The van der Waals surface area contributed by atoms with Gasteiger partial charge in [-0.05, 0) is 30.3 Å². The molecular formula is C12H8FN3O2. The minimum Gasteiger partial charge on any atom is -0.461 e. The first kappa shape index (κ1) is 10.5. The Morgan fingerprint density at radius 1 is 1.22 bits per heavy atom. The van der Waals surface area contributed by atoms with Crippen molar-refractivity contribution < 1.29 is 13.3 Å². The average Bonchev–Trinajstić information content (AvgIpc) is 2.99. The van der Waals surface area contributed by atoms with Gasteiger partial charge in [0.25, 0.3) is 5.89 Å². The zero-order valence-electron chi connectivity index (χ0n) is 9.13. The standard InChI is InChI=1S/C12H8FN3O2/c13-9-6-7(14)3-4-8(9)12-15-11(16-18-12)10-2-1-5-17-10/h1-6H,14H2. The first-order valence-corrected chi connectivity index (χ1v) is 5.17. The van der Waals surface area contributed by atoms with Crippen molar-refractivity contribution in [2.45, 2.75) is 0 Å². The van der Waals surface area contributed by atoms with Gasteiger partial charge in [0.15, 0.2) is 5.76 Å². The Morgan fingerprint density at radius 3 is 2.83 bits per heavy atom. The summed E-state index contributed by atoms with van der Waals surface area (Å²) >= 11 is 0. The molecule has 18 heavy (non-hydrogen) atoms. The second-order valence-corrected chi connectivity index (χ2v) is 3.64. The molecule has 0 saturated carbocycles. The lowest BCUT2D eigenvalue weighted by Gasteiger charge is -1.97. The lowest BCUT2D eigenvalue weighted by Crippen LogP contribution is -1.89. The number of nitrogens with zero attached hydrogens (tertiary/aromatic N) is 2. The van der Waals surface area contributed by atoms with Crippen molar-refractivity contribution in [2.24, 2.45) is 0 Å². The molecule has 0 fully saturated rings. The maximum absolute atomic E-state index is 13.7. The predicted molar refractivity (Wildman–Crippen MR) is 61.8 cm³/mol. The van der Waals surface area contributed by atoms with Crippen LogP contribution in [0.5, 0.6) is 0 Å². The Labute approximate surface area is 101 Å². The van der Waals surface area contributed by atoms with Crippen LogP contribution in [0.25, 0.3) is 23.0 Å². The third kappa shape index (κ3) is 1.73. The molecular weight excluding hydrogens is 237 g/mol. The van der Waals surface area contributed by atoms with Crippen LogP contribution >= 0.6 is 0 Å². The second kappa shape index (κ2) is 3.99. The molecule has 0 radical (unpaired) electrons. The molecule has 90 valence electrons. The van der Waals surface area contributed by atoms with Crippen LogP contribution in [0.3, 0.4) is 0 Å². The summed E-state index contributed by atoms with van der Waals surface area (Å²) in [4.78, 5) is 4.06. The van der Waals surface area contributed by atoms with Gasteiger partial charge in [-0.2, -0.15) is 4.98 Å². The molecule has 0 atom stereocenters. The van der Waals surface area contributed by atoms with E-state index in [1.54, 1.807) is 18.2 Å². The first-order chi connectivity index (χ1) is 8.74. The molecule has 3 aromatic rings. The van der Waals surface area contributed by atoms with Crippen molar-refractivity contribution in [2.75, 3.05) is 5.73 Å². The molecule has 6 heteroatoms. The number of halogens is 1. The van der Waals surface area contributed by atoms with E-state index in [-0.39, 0.29) is 17.3 Å². The van der Waals surface area contributed by atoms with Crippen LogP contribution in [0, 0.1) is 5.82 Å². The van der Waals surface area contributed by atoms with Crippen LogP contribution < -0.4 is 5.73 Å².